The molecule has 1 aromatic carbocycles. The van der Waals surface area contributed by atoms with E-state index in [1.807, 2.05) is 24.3 Å². The second-order valence-electron chi connectivity index (χ2n) is 4.07. The van der Waals surface area contributed by atoms with Crippen molar-refractivity contribution in [1.29, 1.82) is 0 Å². The molecule has 0 atom stereocenters. The molecule has 2 aromatic rings. The number of nitrogens with one attached hydrogen (secondary N) is 1. The van der Waals surface area contributed by atoms with Crippen LogP contribution < -0.4 is 5.32 Å². The van der Waals surface area contributed by atoms with E-state index in [0.29, 0.717) is 16.9 Å². The van der Waals surface area contributed by atoms with Crippen LogP contribution in [0.5, 0.6) is 0 Å². The first-order chi connectivity index (χ1) is 9.61. The van der Waals surface area contributed by atoms with E-state index in [2.05, 4.69) is 26.2 Å². The molecular weight excluding hydrogens is 324 g/mol. The molecule has 0 fully saturated rings. The van der Waals surface area contributed by atoms with Gasteiger partial charge in [0.05, 0.1) is 6.61 Å². The van der Waals surface area contributed by atoms with E-state index in [4.69, 9.17) is 4.74 Å². The molecule has 20 heavy (non-hydrogen) atoms. The zero-order valence-corrected chi connectivity index (χ0v) is 12.3. The van der Waals surface area contributed by atoms with Crippen LogP contribution in [0, 0.1) is 0 Å². The molecule has 0 aliphatic heterocycles. The van der Waals surface area contributed by atoms with E-state index < -0.39 is 5.97 Å². The van der Waals surface area contributed by atoms with Crippen LogP contribution in [-0.4, -0.2) is 23.2 Å². The van der Waals surface area contributed by atoms with Crippen molar-refractivity contribution < 1.29 is 14.6 Å². The molecule has 0 radical (unpaired) electrons. The van der Waals surface area contributed by atoms with E-state index >= 15 is 0 Å². The number of carboxylic acid groups (broad SMARTS) is 1. The van der Waals surface area contributed by atoms with Gasteiger partial charge in [0.25, 0.3) is 0 Å². The van der Waals surface area contributed by atoms with E-state index in [1.165, 1.54) is 6.07 Å². The van der Waals surface area contributed by atoms with Crippen molar-refractivity contribution in [2.24, 2.45) is 0 Å². The lowest BCUT2D eigenvalue weighted by atomic mass is 10.1. The van der Waals surface area contributed by atoms with Crippen LogP contribution in [-0.2, 0) is 11.3 Å². The molecule has 1 aromatic heterocycles. The first-order valence-corrected chi connectivity index (χ1v) is 6.64. The Bertz CT molecular complexity index is 632. The minimum Gasteiger partial charge on any atom is -0.478 e. The van der Waals surface area contributed by atoms with E-state index in [9.17, 15) is 9.90 Å². The van der Waals surface area contributed by atoms with Crippen molar-refractivity contribution in [2.75, 3.05) is 12.4 Å². The van der Waals surface area contributed by atoms with Gasteiger partial charge in [0.15, 0.2) is 0 Å². The number of carboxylic acids is 1. The maximum atomic E-state index is 11.2. The number of benzene rings is 1. The molecule has 0 aliphatic rings. The third-order valence-electron chi connectivity index (χ3n) is 2.66. The highest BCUT2D eigenvalue weighted by atomic mass is 79.9. The number of nitrogens with zero attached hydrogens (tertiary/aromatic N) is 1. The van der Waals surface area contributed by atoms with Crippen LogP contribution in [0.4, 0.5) is 11.5 Å². The van der Waals surface area contributed by atoms with Crippen LogP contribution in [0.25, 0.3) is 0 Å². The average Bonchev–Trinajstić information content (AvgIpc) is 2.43. The lowest BCUT2D eigenvalue weighted by molar-refractivity contribution is 0.0697. The van der Waals surface area contributed by atoms with Gasteiger partial charge in [0.2, 0.25) is 0 Å². The van der Waals surface area contributed by atoms with Crippen LogP contribution in [0.1, 0.15) is 15.9 Å². The maximum Gasteiger partial charge on any atom is 0.339 e. The number of ether oxygens (including phenoxy) is 1. The molecule has 0 unspecified atom stereocenters. The topological polar surface area (TPSA) is 71.5 Å². The summed E-state index contributed by atoms with van der Waals surface area (Å²) in [5.41, 5.74) is 1.80. The standard InChI is InChI=1S/C14H13BrN2O3/c1-20-8-9-4-2-3-5-12(9)17-13-11(14(18)19)6-10(15)7-16-13/h2-7H,8H2,1H3,(H,16,17)(H,18,19). The second-order valence-corrected chi connectivity index (χ2v) is 4.99. The van der Waals surface area contributed by atoms with Crippen LogP contribution in [0.15, 0.2) is 41.0 Å². The SMILES string of the molecule is COCc1ccccc1Nc1ncc(Br)cc1C(=O)O. The average molecular weight is 337 g/mol. The quantitative estimate of drug-likeness (QED) is 0.875. The van der Waals surface area contributed by atoms with E-state index in [-0.39, 0.29) is 5.56 Å². The lowest BCUT2D eigenvalue weighted by Crippen LogP contribution is -2.06. The molecule has 0 amide bonds. The van der Waals surface area contributed by atoms with E-state index in [1.54, 1.807) is 13.3 Å². The lowest BCUT2D eigenvalue weighted by Gasteiger charge is -2.12. The fourth-order valence-corrected chi connectivity index (χ4v) is 2.08. The number of para-hydroxylation sites is 1. The highest BCUT2D eigenvalue weighted by molar-refractivity contribution is 9.10. The zero-order chi connectivity index (χ0) is 14.5. The Labute approximate surface area is 124 Å². The van der Waals surface area contributed by atoms with Crippen molar-refractivity contribution in [3.05, 3.63) is 52.1 Å². The molecule has 0 saturated carbocycles. The predicted octanol–water partition coefficient (Wildman–Crippen LogP) is 3.43. The summed E-state index contributed by atoms with van der Waals surface area (Å²) in [5.74, 6) is -0.741. The monoisotopic (exact) mass is 336 g/mol. The number of aromatic nitrogens is 1. The number of methoxy groups -OCH3 is 1. The molecule has 6 heteroatoms. The molecule has 104 valence electrons. The van der Waals surface area contributed by atoms with Crippen LogP contribution in [0.2, 0.25) is 0 Å². The number of aromatic carboxylic acids is 1. The molecule has 2 rings (SSSR count). The van der Waals surface area contributed by atoms with Gasteiger partial charge >= 0.3 is 5.97 Å². The van der Waals surface area contributed by atoms with Crippen molar-refractivity contribution in [3.8, 4) is 0 Å². The summed E-state index contributed by atoms with van der Waals surface area (Å²) in [6.45, 7) is 0.433. The summed E-state index contributed by atoms with van der Waals surface area (Å²) < 4.78 is 5.74. The number of rotatable bonds is 5. The first-order valence-electron chi connectivity index (χ1n) is 5.84. The first kappa shape index (κ1) is 14.5. The van der Waals surface area contributed by atoms with Crippen LogP contribution in [0.3, 0.4) is 0 Å². The summed E-state index contributed by atoms with van der Waals surface area (Å²) >= 11 is 3.22. The van der Waals surface area contributed by atoms with Gasteiger partial charge in [-0.25, -0.2) is 9.78 Å². The normalized spacial score (nSPS) is 10.3. The van der Waals surface area contributed by atoms with E-state index in [0.717, 1.165) is 11.3 Å². The highest BCUT2D eigenvalue weighted by Gasteiger charge is 2.13. The minimum absolute atomic E-state index is 0.103. The maximum absolute atomic E-state index is 11.2. The summed E-state index contributed by atoms with van der Waals surface area (Å²) in [6, 6.07) is 9.03. The molecule has 1 heterocycles. The van der Waals surface area contributed by atoms with Crippen molar-refractivity contribution >= 4 is 33.4 Å². The van der Waals surface area contributed by atoms with Gasteiger partial charge in [0.1, 0.15) is 11.4 Å². The van der Waals surface area contributed by atoms with Gasteiger partial charge in [0, 0.05) is 29.0 Å². The predicted molar refractivity (Wildman–Crippen MR) is 79.3 cm³/mol. The molecule has 5 nitrogen and oxygen atoms in total. The third kappa shape index (κ3) is 3.34. The van der Waals surface area contributed by atoms with Crippen molar-refractivity contribution in [1.82, 2.24) is 4.98 Å². The van der Waals surface area contributed by atoms with Gasteiger partial charge in [-0.15, -0.1) is 0 Å². The molecule has 0 aliphatic carbocycles. The zero-order valence-electron chi connectivity index (χ0n) is 10.8. The molecule has 2 N–H and O–H groups in total. The highest BCUT2D eigenvalue weighted by Crippen LogP contribution is 2.24. The molecule has 0 bridgehead atoms. The largest absolute Gasteiger partial charge is 0.478 e. The number of pyridine rings is 1. The van der Waals surface area contributed by atoms with Crippen molar-refractivity contribution in [2.45, 2.75) is 6.61 Å². The Hall–Kier alpha value is -1.92. The minimum atomic E-state index is -1.04. The Balaban J connectivity index is 2.37. The summed E-state index contributed by atoms with van der Waals surface area (Å²) in [6.07, 6.45) is 1.55. The number of hydrogen-bond acceptors (Lipinski definition) is 4. The number of hydrogen-bond donors (Lipinski definition) is 2. The fraction of sp³-hybridized carbons (Fsp3) is 0.143. The third-order valence-corrected chi connectivity index (χ3v) is 3.09. The second kappa shape index (κ2) is 6.49. The molecule has 0 saturated heterocycles. The van der Waals surface area contributed by atoms with Gasteiger partial charge < -0.3 is 15.2 Å². The summed E-state index contributed by atoms with van der Waals surface area (Å²) in [4.78, 5) is 15.4. The van der Waals surface area contributed by atoms with Gasteiger partial charge in [-0.3, -0.25) is 0 Å². The number of carbonyl (C=O) groups is 1. The Morgan fingerprint density at radius 1 is 1.45 bits per heavy atom. The summed E-state index contributed by atoms with van der Waals surface area (Å²) in [7, 11) is 1.61. The number of halogens is 1. The van der Waals surface area contributed by atoms with Crippen LogP contribution >= 0.6 is 15.9 Å². The van der Waals surface area contributed by atoms with Gasteiger partial charge in [-0.05, 0) is 28.1 Å². The Kier molecular flexibility index (Phi) is 4.70. The smallest absolute Gasteiger partial charge is 0.339 e. The Morgan fingerprint density at radius 3 is 2.90 bits per heavy atom. The fourth-order valence-electron chi connectivity index (χ4n) is 1.75. The molecular formula is C14H13BrN2O3. The molecule has 0 spiro atoms. The Morgan fingerprint density at radius 2 is 2.20 bits per heavy atom. The van der Waals surface area contributed by atoms with Crippen molar-refractivity contribution in [3.63, 3.8) is 0 Å². The van der Waals surface area contributed by atoms with Gasteiger partial charge in [-0.1, -0.05) is 18.2 Å². The number of anilines is 2. The van der Waals surface area contributed by atoms with Gasteiger partial charge in [-0.2, -0.15) is 0 Å². The summed E-state index contributed by atoms with van der Waals surface area (Å²) in [5, 5.41) is 12.3.